The van der Waals surface area contributed by atoms with Crippen LogP contribution in [0.1, 0.15) is 38.3 Å². The predicted octanol–water partition coefficient (Wildman–Crippen LogP) is 0.297. The zero-order valence-electron chi connectivity index (χ0n) is 11.5. The number of rotatable bonds is 8. The van der Waals surface area contributed by atoms with Crippen molar-refractivity contribution in [2.24, 2.45) is 0 Å². The Balaban J connectivity index is 2.90. The summed E-state index contributed by atoms with van der Waals surface area (Å²) in [7, 11) is 0. The number of carbonyl (C=O) groups is 1. The Morgan fingerprint density at radius 2 is 2.05 bits per heavy atom. The molecule has 1 atom stereocenters. The Bertz CT molecular complexity index is 420. The van der Waals surface area contributed by atoms with E-state index in [4.69, 9.17) is 9.47 Å². The van der Waals surface area contributed by atoms with E-state index in [1.54, 1.807) is 12.1 Å². The van der Waals surface area contributed by atoms with Gasteiger partial charge < -0.3 is 25.1 Å². The predicted molar refractivity (Wildman–Crippen MR) is 68.7 cm³/mol. The van der Waals surface area contributed by atoms with Crippen LogP contribution in [0, 0.1) is 0 Å². The molecule has 1 aromatic carbocycles. The summed E-state index contributed by atoms with van der Waals surface area (Å²) in [6.07, 6.45) is 0.802. The van der Waals surface area contributed by atoms with Gasteiger partial charge in [-0.1, -0.05) is 6.92 Å². The van der Waals surface area contributed by atoms with Crippen molar-refractivity contribution in [1.82, 2.24) is 0 Å². The molecule has 0 amide bonds. The molecule has 0 bridgehead atoms. The number of quaternary nitrogens is 1. The lowest BCUT2D eigenvalue weighted by Gasteiger charge is -2.15. The van der Waals surface area contributed by atoms with Gasteiger partial charge >= 0.3 is 0 Å². The normalized spacial score (nSPS) is 11.9. The Labute approximate surface area is 113 Å². The van der Waals surface area contributed by atoms with Crippen LogP contribution in [0.5, 0.6) is 11.5 Å². The average Bonchev–Trinajstić information content (AvgIpc) is 2.36. The van der Waals surface area contributed by atoms with Crippen LogP contribution in [0.4, 0.5) is 0 Å². The van der Waals surface area contributed by atoms with Crippen molar-refractivity contribution >= 4 is 5.97 Å². The molecule has 106 valence electrons. The first-order chi connectivity index (χ1) is 9.08. The van der Waals surface area contributed by atoms with Crippen LogP contribution in [-0.4, -0.2) is 19.2 Å². The van der Waals surface area contributed by atoms with Gasteiger partial charge in [0.25, 0.3) is 0 Å². The maximum absolute atomic E-state index is 10.6. The Morgan fingerprint density at radius 1 is 1.32 bits per heavy atom. The average molecular weight is 267 g/mol. The summed E-state index contributed by atoms with van der Waals surface area (Å²) in [5.41, 5.74) is 4.63. The monoisotopic (exact) mass is 267 g/mol. The zero-order valence-corrected chi connectivity index (χ0v) is 11.5. The number of benzene rings is 1. The molecule has 0 radical (unpaired) electrons. The lowest BCUT2D eigenvalue weighted by atomic mass is 10.0. The van der Waals surface area contributed by atoms with Gasteiger partial charge in [0.15, 0.2) is 11.5 Å². The number of carbonyl (C=O) groups excluding carboxylic acids is 1. The topological polar surface area (TPSA) is 86.2 Å². The molecule has 0 unspecified atom stereocenters. The van der Waals surface area contributed by atoms with E-state index in [0.717, 1.165) is 12.0 Å². The zero-order chi connectivity index (χ0) is 14.3. The van der Waals surface area contributed by atoms with Crippen molar-refractivity contribution in [2.75, 3.05) is 13.2 Å². The van der Waals surface area contributed by atoms with E-state index >= 15 is 0 Å². The molecule has 1 rings (SSSR count). The molecule has 0 aliphatic heterocycles. The third-order valence-corrected chi connectivity index (χ3v) is 2.61. The maximum atomic E-state index is 10.6. The number of hydrogen-bond donors (Lipinski definition) is 1. The van der Waals surface area contributed by atoms with Crippen molar-refractivity contribution in [2.45, 2.75) is 32.7 Å². The summed E-state index contributed by atoms with van der Waals surface area (Å²) in [4.78, 5) is 10.6. The second kappa shape index (κ2) is 7.63. The number of ether oxygens (including phenoxy) is 2. The molecule has 0 aliphatic rings. The van der Waals surface area contributed by atoms with E-state index in [0.29, 0.717) is 24.7 Å². The van der Waals surface area contributed by atoms with Crippen LogP contribution in [-0.2, 0) is 4.79 Å². The molecular formula is C14H21NO4. The second-order valence-corrected chi connectivity index (χ2v) is 4.26. The summed E-state index contributed by atoms with van der Waals surface area (Å²) < 4.78 is 11.1. The molecule has 3 N–H and O–H groups in total. The fraction of sp³-hybridized carbons (Fsp3) is 0.500. The van der Waals surface area contributed by atoms with E-state index in [9.17, 15) is 9.90 Å². The van der Waals surface area contributed by atoms with Gasteiger partial charge in [-0.25, -0.2) is 0 Å². The number of aliphatic carboxylic acids is 1. The molecular weight excluding hydrogens is 246 g/mol. The highest BCUT2D eigenvalue weighted by Crippen LogP contribution is 2.30. The highest BCUT2D eigenvalue weighted by Gasteiger charge is 2.14. The van der Waals surface area contributed by atoms with Gasteiger partial charge in [0, 0.05) is 18.0 Å². The third-order valence-electron chi connectivity index (χ3n) is 2.61. The van der Waals surface area contributed by atoms with Crippen molar-refractivity contribution in [3.05, 3.63) is 23.8 Å². The fourth-order valence-electron chi connectivity index (χ4n) is 1.70. The van der Waals surface area contributed by atoms with Gasteiger partial charge in [0.05, 0.1) is 13.2 Å². The summed E-state index contributed by atoms with van der Waals surface area (Å²) in [6, 6.07) is 5.04. The molecule has 0 aliphatic carbocycles. The SMILES string of the molecule is CCCOc1ccc([C@H]([NH3+])CC(=O)[O-])cc1OCC. The van der Waals surface area contributed by atoms with Gasteiger partial charge in [-0.2, -0.15) is 0 Å². The maximum Gasteiger partial charge on any atom is 0.161 e. The molecule has 1 aromatic rings. The third kappa shape index (κ3) is 4.79. The van der Waals surface area contributed by atoms with Gasteiger partial charge in [0.1, 0.15) is 6.04 Å². The van der Waals surface area contributed by atoms with Crippen LogP contribution < -0.4 is 20.3 Å². The van der Waals surface area contributed by atoms with Crippen molar-refractivity contribution in [3.8, 4) is 11.5 Å². The van der Waals surface area contributed by atoms with Gasteiger partial charge in [0.2, 0.25) is 0 Å². The van der Waals surface area contributed by atoms with Crippen LogP contribution in [0.2, 0.25) is 0 Å². The first-order valence-corrected chi connectivity index (χ1v) is 6.50. The Morgan fingerprint density at radius 3 is 2.63 bits per heavy atom. The quantitative estimate of drug-likeness (QED) is 0.734. The van der Waals surface area contributed by atoms with Crippen molar-refractivity contribution in [3.63, 3.8) is 0 Å². The minimum atomic E-state index is -1.11. The fourth-order valence-corrected chi connectivity index (χ4v) is 1.70. The van der Waals surface area contributed by atoms with Gasteiger partial charge in [-0.15, -0.1) is 0 Å². The smallest absolute Gasteiger partial charge is 0.161 e. The molecule has 0 fully saturated rings. The lowest BCUT2D eigenvalue weighted by Crippen LogP contribution is -2.55. The van der Waals surface area contributed by atoms with E-state index in [1.807, 2.05) is 19.9 Å². The highest BCUT2D eigenvalue weighted by atomic mass is 16.5. The summed E-state index contributed by atoms with van der Waals surface area (Å²) in [5, 5.41) is 10.6. The number of hydrogen-bond acceptors (Lipinski definition) is 4. The molecule has 5 heteroatoms. The number of carboxylic acids is 1. The first kappa shape index (κ1) is 15.3. The van der Waals surface area contributed by atoms with Crippen LogP contribution in [0.25, 0.3) is 0 Å². The van der Waals surface area contributed by atoms with Gasteiger partial charge in [-0.3, -0.25) is 0 Å². The summed E-state index contributed by atoms with van der Waals surface area (Å²) in [5.74, 6) is 0.192. The first-order valence-electron chi connectivity index (χ1n) is 6.50. The summed E-state index contributed by atoms with van der Waals surface area (Å²) in [6.45, 7) is 5.06. The van der Waals surface area contributed by atoms with Crippen LogP contribution >= 0.6 is 0 Å². The van der Waals surface area contributed by atoms with Crippen molar-refractivity contribution in [1.29, 1.82) is 0 Å². The van der Waals surface area contributed by atoms with Crippen molar-refractivity contribution < 1.29 is 25.1 Å². The second-order valence-electron chi connectivity index (χ2n) is 4.26. The van der Waals surface area contributed by atoms with Crippen LogP contribution in [0.3, 0.4) is 0 Å². The Hall–Kier alpha value is -1.75. The molecule has 0 heterocycles. The standard InChI is InChI=1S/C14H21NO4/c1-3-7-19-12-6-5-10(8-13(12)18-4-2)11(15)9-14(16)17/h5-6,8,11H,3-4,7,9,15H2,1-2H3,(H,16,17)/t11-/m1/s1. The van der Waals surface area contributed by atoms with Gasteiger partial charge in [-0.05, 0) is 31.5 Å². The number of carboxylic acid groups (broad SMARTS) is 1. The molecule has 5 nitrogen and oxygen atoms in total. The van der Waals surface area contributed by atoms with E-state index in [2.05, 4.69) is 5.73 Å². The molecule has 0 aromatic heterocycles. The Kier molecular flexibility index (Phi) is 6.15. The lowest BCUT2D eigenvalue weighted by molar-refractivity contribution is -0.430. The largest absolute Gasteiger partial charge is 0.550 e. The molecule has 19 heavy (non-hydrogen) atoms. The summed E-state index contributed by atoms with van der Waals surface area (Å²) >= 11 is 0. The van der Waals surface area contributed by atoms with E-state index in [-0.39, 0.29) is 12.5 Å². The van der Waals surface area contributed by atoms with E-state index < -0.39 is 5.97 Å². The molecule has 0 saturated carbocycles. The highest BCUT2D eigenvalue weighted by molar-refractivity contribution is 5.65. The molecule has 0 spiro atoms. The van der Waals surface area contributed by atoms with E-state index in [1.165, 1.54) is 0 Å². The minimum absolute atomic E-state index is 0.110. The molecule has 0 saturated heterocycles. The minimum Gasteiger partial charge on any atom is -0.550 e. The van der Waals surface area contributed by atoms with Crippen LogP contribution in [0.15, 0.2) is 18.2 Å².